The second-order valence-corrected chi connectivity index (χ2v) is 4.37. The second-order valence-electron chi connectivity index (χ2n) is 4.37. The molecule has 2 atom stereocenters. The predicted molar refractivity (Wildman–Crippen MR) is 65.7 cm³/mol. The Labute approximate surface area is 102 Å². The normalized spacial score (nSPS) is 14.3. The number of hydrogen-bond donors (Lipinski definition) is 1. The Morgan fingerprint density at radius 3 is 2.82 bits per heavy atom. The van der Waals surface area contributed by atoms with Gasteiger partial charge in [0.05, 0.1) is 19.8 Å². The van der Waals surface area contributed by atoms with Crippen LogP contribution < -0.4 is 5.32 Å². The average Bonchev–Trinajstić information content (AvgIpc) is 2.78. The Balaban J connectivity index is 2.19. The fourth-order valence-corrected chi connectivity index (χ4v) is 1.77. The minimum Gasteiger partial charge on any atom is -0.469 e. The van der Waals surface area contributed by atoms with Crippen molar-refractivity contribution in [3.8, 4) is 0 Å². The molecule has 0 radical (unpaired) electrons. The monoisotopic (exact) mass is 239 g/mol. The van der Waals surface area contributed by atoms with E-state index in [4.69, 9.17) is 4.42 Å². The van der Waals surface area contributed by atoms with Gasteiger partial charge in [-0.05, 0) is 32.4 Å². The molecule has 1 N–H and O–H groups in total. The SMILES string of the molecule is COC(=O)CC(C)NC(C)CCc1ccco1. The minimum absolute atomic E-state index is 0.133. The highest BCUT2D eigenvalue weighted by molar-refractivity contribution is 5.69. The molecule has 96 valence electrons. The molecule has 0 spiro atoms. The summed E-state index contributed by atoms with van der Waals surface area (Å²) in [5.41, 5.74) is 0. The van der Waals surface area contributed by atoms with Crippen molar-refractivity contribution in [2.45, 2.75) is 45.2 Å². The molecule has 0 aromatic carbocycles. The number of carbonyl (C=O) groups excluding carboxylic acids is 1. The topological polar surface area (TPSA) is 51.5 Å². The average molecular weight is 239 g/mol. The zero-order valence-corrected chi connectivity index (χ0v) is 10.7. The van der Waals surface area contributed by atoms with Crippen LogP contribution in [0.15, 0.2) is 22.8 Å². The van der Waals surface area contributed by atoms with Gasteiger partial charge in [-0.1, -0.05) is 0 Å². The van der Waals surface area contributed by atoms with Crippen LogP contribution in [0.4, 0.5) is 0 Å². The molecule has 1 rings (SSSR count). The van der Waals surface area contributed by atoms with E-state index >= 15 is 0 Å². The van der Waals surface area contributed by atoms with E-state index < -0.39 is 0 Å². The number of esters is 1. The van der Waals surface area contributed by atoms with Gasteiger partial charge < -0.3 is 14.5 Å². The lowest BCUT2D eigenvalue weighted by Crippen LogP contribution is -2.36. The fourth-order valence-electron chi connectivity index (χ4n) is 1.77. The van der Waals surface area contributed by atoms with Crippen LogP contribution in [0.2, 0.25) is 0 Å². The van der Waals surface area contributed by atoms with E-state index in [2.05, 4.69) is 17.0 Å². The largest absolute Gasteiger partial charge is 0.469 e. The van der Waals surface area contributed by atoms with Crippen LogP contribution in [-0.2, 0) is 16.0 Å². The summed E-state index contributed by atoms with van der Waals surface area (Å²) in [7, 11) is 1.41. The van der Waals surface area contributed by atoms with Gasteiger partial charge in [-0.3, -0.25) is 4.79 Å². The number of carbonyl (C=O) groups is 1. The molecule has 0 aliphatic heterocycles. The van der Waals surface area contributed by atoms with E-state index in [9.17, 15) is 4.79 Å². The maximum atomic E-state index is 11.1. The van der Waals surface area contributed by atoms with Crippen LogP contribution >= 0.6 is 0 Å². The van der Waals surface area contributed by atoms with E-state index in [-0.39, 0.29) is 12.0 Å². The third-order valence-electron chi connectivity index (χ3n) is 2.67. The molecule has 1 aromatic rings. The molecule has 0 saturated carbocycles. The summed E-state index contributed by atoms with van der Waals surface area (Å²) in [5.74, 6) is 0.822. The number of rotatable bonds is 7. The zero-order valence-electron chi connectivity index (χ0n) is 10.7. The summed E-state index contributed by atoms with van der Waals surface area (Å²) in [5, 5.41) is 3.36. The molecule has 0 aliphatic carbocycles. The maximum Gasteiger partial charge on any atom is 0.307 e. The van der Waals surface area contributed by atoms with Crippen molar-refractivity contribution >= 4 is 5.97 Å². The number of methoxy groups -OCH3 is 1. The smallest absolute Gasteiger partial charge is 0.307 e. The van der Waals surface area contributed by atoms with Crippen molar-refractivity contribution in [1.29, 1.82) is 0 Å². The van der Waals surface area contributed by atoms with Gasteiger partial charge in [-0.15, -0.1) is 0 Å². The first kappa shape index (κ1) is 13.8. The summed E-state index contributed by atoms with van der Waals surface area (Å²) < 4.78 is 9.90. The molecule has 2 unspecified atom stereocenters. The number of hydrogen-bond acceptors (Lipinski definition) is 4. The van der Waals surface area contributed by atoms with Crippen molar-refractivity contribution in [3.05, 3.63) is 24.2 Å². The number of ether oxygens (including phenoxy) is 1. The van der Waals surface area contributed by atoms with Crippen LogP contribution in [-0.4, -0.2) is 25.2 Å². The van der Waals surface area contributed by atoms with E-state index in [1.165, 1.54) is 7.11 Å². The van der Waals surface area contributed by atoms with Gasteiger partial charge in [0.2, 0.25) is 0 Å². The molecule has 0 saturated heterocycles. The third kappa shape index (κ3) is 5.54. The van der Waals surface area contributed by atoms with Crippen LogP contribution in [0, 0.1) is 0 Å². The van der Waals surface area contributed by atoms with Crippen LogP contribution in [0.1, 0.15) is 32.4 Å². The summed E-state index contributed by atoms with van der Waals surface area (Å²) in [4.78, 5) is 11.1. The maximum absolute atomic E-state index is 11.1. The molecule has 1 aromatic heterocycles. The zero-order chi connectivity index (χ0) is 12.7. The van der Waals surface area contributed by atoms with Crippen LogP contribution in [0.25, 0.3) is 0 Å². The first-order valence-electron chi connectivity index (χ1n) is 5.97. The molecule has 0 amide bonds. The summed E-state index contributed by atoms with van der Waals surface area (Å²) in [6.07, 6.45) is 3.99. The lowest BCUT2D eigenvalue weighted by molar-refractivity contribution is -0.141. The van der Waals surface area contributed by atoms with Crippen LogP contribution in [0.5, 0.6) is 0 Å². The highest BCUT2D eigenvalue weighted by Crippen LogP contribution is 2.06. The minimum atomic E-state index is -0.178. The standard InChI is InChI=1S/C13H21NO3/c1-10(6-7-12-5-4-8-17-12)14-11(2)9-13(15)16-3/h4-5,8,10-11,14H,6-7,9H2,1-3H3. The quantitative estimate of drug-likeness (QED) is 0.741. The Bertz CT molecular complexity index is 321. The molecule has 4 heteroatoms. The molecule has 0 bridgehead atoms. The van der Waals surface area contributed by atoms with E-state index in [1.54, 1.807) is 6.26 Å². The lowest BCUT2D eigenvalue weighted by Gasteiger charge is -2.18. The molecule has 1 heterocycles. The van der Waals surface area contributed by atoms with Gasteiger partial charge in [0, 0.05) is 18.5 Å². The van der Waals surface area contributed by atoms with Gasteiger partial charge in [0.15, 0.2) is 0 Å². The third-order valence-corrected chi connectivity index (χ3v) is 2.67. The highest BCUT2D eigenvalue weighted by Gasteiger charge is 2.12. The molecule has 4 nitrogen and oxygen atoms in total. The predicted octanol–water partition coefficient (Wildman–Crippen LogP) is 2.14. The Hall–Kier alpha value is -1.29. The highest BCUT2D eigenvalue weighted by atomic mass is 16.5. The van der Waals surface area contributed by atoms with Gasteiger partial charge in [0.25, 0.3) is 0 Å². The van der Waals surface area contributed by atoms with Crippen LogP contribution in [0.3, 0.4) is 0 Å². The lowest BCUT2D eigenvalue weighted by atomic mass is 10.1. The second kappa shape index (κ2) is 7.12. The van der Waals surface area contributed by atoms with E-state index in [0.29, 0.717) is 12.5 Å². The first-order valence-corrected chi connectivity index (χ1v) is 5.97. The van der Waals surface area contributed by atoms with Crippen molar-refractivity contribution in [2.24, 2.45) is 0 Å². The van der Waals surface area contributed by atoms with Crippen molar-refractivity contribution in [3.63, 3.8) is 0 Å². The molecular weight excluding hydrogens is 218 g/mol. The van der Waals surface area contributed by atoms with E-state index in [1.807, 2.05) is 19.1 Å². The van der Waals surface area contributed by atoms with Gasteiger partial charge in [-0.2, -0.15) is 0 Å². The summed E-state index contributed by atoms with van der Waals surface area (Å²) in [6.45, 7) is 4.09. The van der Waals surface area contributed by atoms with Crippen molar-refractivity contribution in [2.75, 3.05) is 7.11 Å². The van der Waals surface area contributed by atoms with Gasteiger partial charge >= 0.3 is 5.97 Å². The Kier molecular flexibility index (Phi) is 5.77. The number of nitrogens with one attached hydrogen (secondary N) is 1. The van der Waals surface area contributed by atoms with Gasteiger partial charge in [0.1, 0.15) is 5.76 Å². The fraction of sp³-hybridized carbons (Fsp3) is 0.615. The molecule has 0 aliphatic rings. The number of aryl methyl sites for hydroxylation is 1. The van der Waals surface area contributed by atoms with E-state index in [0.717, 1.165) is 18.6 Å². The Morgan fingerprint density at radius 1 is 1.47 bits per heavy atom. The van der Waals surface area contributed by atoms with Crippen molar-refractivity contribution in [1.82, 2.24) is 5.32 Å². The molecule has 0 fully saturated rings. The molecule has 17 heavy (non-hydrogen) atoms. The van der Waals surface area contributed by atoms with Crippen molar-refractivity contribution < 1.29 is 13.9 Å². The summed E-state index contributed by atoms with van der Waals surface area (Å²) in [6, 6.07) is 4.35. The first-order chi connectivity index (χ1) is 8.11. The number of furan rings is 1. The van der Waals surface area contributed by atoms with Gasteiger partial charge in [-0.25, -0.2) is 0 Å². The Morgan fingerprint density at radius 2 is 2.24 bits per heavy atom. The summed E-state index contributed by atoms with van der Waals surface area (Å²) >= 11 is 0. The molecular formula is C13H21NO3.